The third kappa shape index (κ3) is 2.59. The van der Waals surface area contributed by atoms with Crippen LogP contribution in [0.3, 0.4) is 0 Å². The van der Waals surface area contributed by atoms with Gasteiger partial charge in [0.25, 0.3) is 0 Å². The number of thiophene rings is 2. The van der Waals surface area contributed by atoms with Crippen molar-refractivity contribution in [1.29, 1.82) is 0 Å². The normalized spacial score (nSPS) is 10.8. The third-order valence-electron chi connectivity index (χ3n) is 1.98. The molecule has 0 aliphatic carbocycles. The van der Waals surface area contributed by atoms with E-state index >= 15 is 0 Å². The fourth-order valence-corrected chi connectivity index (χ4v) is 2.67. The van der Waals surface area contributed by atoms with E-state index in [0.717, 1.165) is 26.0 Å². The lowest BCUT2D eigenvalue weighted by Gasteiger charge is -1.88. The van der Waals surface area contributed by atoms with Gasteiger partial charge in [0.2, 0.25) is 0 Å². The second-order valence-corrected chi connectivity index (χ2v) is 5.28. The molecule has 0 bridgehead atoms. The Hall–Kier alpha value is -1.39. The van der Waals surface area contributed by atoms with E-state index in [0.29, 0.717) is 0 Å². The van der Waals surface area contributed by atoms with Gasteiger partial charge in [-0.2, -0.15) is 0 Å². The minimum Gasteiger partial charge on any atom is -0.487 e. The van der Waals surface area contributed by atoms with Gasteiger partial charge in [0.15, 0.2) is 11.3 Å². The second kappa shape index (κ2) is 5.09. The third-order valence-corrected chi connectivity index (χ3v) is 3.97. The van der Waals surface area contributed by atoms with Crippen molar-refractivity contribution in [2.24, 2.45) is 0 Å². The summed E-state index contributed by atoms with van der Waals surface area (Å²) in [4.78, 5) is 13.5. The maximum atomic E-state index is 10.5. The minimum absolute atomic E-state index is 0.753. The summed E-state index contributed by atoms with van der Waals surface area (Å²) in [5.74, 6) is 0. The molecule has 2 rings (SSSR count). The lowest BCUT2D eigenvalue weighted by molar-refractivity contribution is 0.112. The Labute approximate surface area is 102 Å². The molecule has 0 radical (unpaired) electrons. The molecule has 0 saturated carbocycles. The number of methoxy groups -OCH3 is 1. The van der Waals surface area contributed by atoms with Gasteiger partial charge < -0.3 is 4.74 Å². The molecule has 0 amide bonds. The van der Waals surface area contributed by atoms with Crippen LogP contribution < -0.4 is 4.74 Å². The molecular formula is C12H10O2S2. The number of hydrogen-bond donors (Lipinski definition) is 0. The molecule has 0 N–H and O–H groups in total. The maximum absolute atomic E-state index is 10.5. The summed E-state index contributed by atoms with van der Waals surface area (Å²) >= 11 is 3.07. The topological polar surface area (TPSA) is 26.3 Å². The van der Waals surface area contributed by atoms with E-state index in [1.54, 1.807) is 18.4 Å². The second-order valence-electron chi connectivity index (χ2n) is 3.05. The molecule has 16 heavy (non-hydrogen) atoms. The van der Waals surface area contributed by atoms with Crippen molar-refractivity contribution in [2.75, 3.05) is 7.11 Å². The summed E-state index contributed by atoms with van der Waals surface area (Å²) in [6.45, 7) is 0. The van der Waals surface area contributed by atoms with Gasteiger partial charge in [-0.05, 0) is 36.4 Å². The fraction of sp³-hybridized carbons (Fsp3) is 0.0833. The SMILES string of the molecule is COc1ccc(/C=C/c2ccc(C=O)s2)s1. The molecule has 0 saturated heterocycles. The monoisotopic (exact) mass is 250 g/mol. The van der Waals surface area contributed by atoms with Gasteiger partial charge in [0.05, 0.1) is 12.0 Å². The van der Waals surface area contributed by atoms with Crippen LogP contribution in [0.15, 0.2) is 24.3 Å². The average molecular weight is 250 g/mol. The van der Waals surface area contributed by atoms with Gasteiger partial charge in [-0.3, -0.25) is 4.79 Å². The lowest BCUT2D eigenvalue weighted by Crippen LogP contribution is -1.73. The van der Waals surface area contributed by atoms with Crippen LogP contribution in [0.4, 0.5) is 0 Å². The summed E-state index contributed by atoms with van der Waals surface area (Å²) in [6.07, 6.45) is 4.90. The maximum Gasteiger partial charge on any atom is 0.173 e. The molecule has 2 heterocycles. The van der Waals surface area contributed by atoms with Gasteiger partial charge >= 0.3 is 0 Å². The van der Waals surface area contributed by atoms with E-state index in [4.69, 9.17) is 4.74 Å². The molecule has 0 unspecified atom stereocenters. The molecule has 0 fully saturated rings. The van der Waals surface area contributed by atoms with Crippen LogP contribution in [-0.2, 0) is 0 Å². The minimum atomic E-state index is 0.753. The standard InChI is InChI=1S/C12H10O2S2/c1-14-12-7-6-10(16-12)3-2-9-4-5-11(8-13)15-9/h2-8H,1H3/b3-2+. The van der Waals surface area contributed by atoms with E-state index in [2.05, 4.69) is 0 Å². The molecule has 4 heteroatoms. The van der Waals surface area contributed by atoms with E-state index in [-0.39, 0.29) is 0 Å². The van der Waals surface area contributed by atoms with E-state index < -0.39 is 0 Å². The molecule has 0 atom stereocenters. The first-order chi connectivity index (χ1) is 7.81. The Morgan fingerprint density at radius 1 is 1.00 bits per heavy atom. The van der Waals surface area contributed by atoms with Crippen LogP contribution in [0.5, 0.6) is 5.06 Å². The molecule has 0 aliphatic heterocycles. The molecule has 2 aromatic heterocycles. The Morgan fingerprint density at radius 3 is 2.19 bits per heavy atom. The highest BCUT2D eigenvalue weighted by atomic mass is 32.1. The molecule has 2 nitrogen and oxygen atoms in total. The van der Waals surface area contributed by atoms with Crippen LogP contribution >= 0.6 is 22.7 Å². The summed E-state index contributed by atoms with van der Waals surface area (Å²) in [5, 5.41) is 0.902. The molecule has 0 spiro atoms. The van der Waals surface area contributed by atoms with Crippen LogP contribution in [0.25, 0.3) is 12.2 Å². The molecular weight excluding hydrogens is 240 g/mol. The van der Waals surface area contributed by atoms with Gasteiger partial charge in [0.1, 0.15) is 0 Å². The van der Waals surface area contributed by atoms with Crippen LogP contribution in [0.2, 0.25) is 0 Å². The van der Waals surface area contributed by atoms with Gasteiger partial charge in [0, 0.05) is 9.75 Å². The Bertz CT molecular complexity index is 509. The first-order valence-corrected chi connectivity index (χ1v) is 6.32. The van der Waals surface area contributed by atoms with Gasteiger partial charge in [-0.15, -0.1) is 11.3 Å². The zero-order valence-electron chi connectivity index (χ0n) is 8.67. The Balaban J connectivity index is 2.11. The van der Waals surface area contributed by atoms with E-state index in [1.807, 2.05) is 36.4 Å². The lowest BCUT2D eigenvalue weighted by atomic mass is 10.3. The highest BCUT2D eigenvalue weighted by Crippen LogP contribution is 2.26. The zero-order chi connectivity index (χ0) is 11.4. The van der Waals surface area contributed by atoms with Crippen molar-refractivity contribution in [3.8, 4) is 5.06 Å². The van der Waals surface area contributed by atoms with Crippen LogP contribution in [0.1, 0.15) is 19.4 Å². The average Bonchev–Trinajstić information content (AvgIpc) is 2.95. The van der Waals surface area contributed by atoms with Crippen molar-refractivity contribution in [3.05, 3.63) is 38.9 Å². The zero-order valence-corrected chi connectivity index (χ0v) is 10.3. The van der Waals surface area contributed by atoms with Crippen molar-refractivity contribution in [1.82, 2.24) is 0 Å². The molecule has 82 valence electrons. The highest BCUT2D eigenvalue weighted by Gasteiger charge is 1.97. The first kappa shape index (κ1) is 11.1. The molecule has 0 aliphatic rings. The number of ether oxygens (including phenoxy) is 1. The first-order valence-electron chi connectivity index (χ1n) is 4.69. The van der Waals surface area contributed by atoms with Gasteiger partial charge in [-0.1, -0.05) is 11.3 Å². The summed E-state index contributed by atoms with van der Waals surface area (Å²) in [5.41, 5.74) is 0. The largest absolute Gasteiger partial charge is 0.487 e. The number of carbonyl (C=O) groups is 1. The predicted molar refractivity (Wildman–Crippen MR) is 69.5 cm³/mol. The van der Waals surface area contributed by atoms with Gasteiger partial charge in [-0.25, -0.2) is 0 Å². The van der Waals surface area contributed by atoms with E-state index in [9.17, 15) is 4.79 Å². The highest BCUT2D eigenvalue weighted by molar-refractivity contribution is 7.15. The Morgan fingerprint density at radius 2 is 1.62 bits per heavy atom. The van der Waals surface area contributed by atoms with Crippen LogP contribution in [-0.4, -0.2) is 13.4 Å². The smallest absolute Gasteiger partial charge is 0.173 e. The number of rotatable bonds is 4. The Kier molecular flexibility index (Phi) is 3.54. The van der Waals surface area contributed by atoms with Crippen LogP contribution in [0, 0.1) is 0 Å². The number of aldehydes is 1. The summed E-state index contributed by atoms with van der Waals surface area (Å²) in [6, 6.07) is 7.71. The quantitative estimate of drug-likeness (QED) is 0.771. The molecule has 0 aromatic carbocycles. The number of carbonyl (C=O) groups excluding carboxylic acids is 1. The summed E-state index contributed by atoms with van der Waals surface area (Å²) in [7, 11) is 1.66. The van der Waals surface area contributed by atoms with E-state index in [1.165, 1.54) is 11.3 Å². The van der Waals surface area contributed by atoms with Crippen molar-refractivity contribution in [3.63, 3.8) is 0 Å². The number of hydrogen-bond acceptors (Lipinski definition) is 4. The fourth-order valence-electron chi connectivity index (χ4n) is 1.22. The van der Waals surface area contributed by atoms with Crippen molar-refractivity contribution in [2.45, 2.75) is 0 Å². The summed E-state index contributed by atoms with van der Waals surface area (Å²) < 4.78 is 5.11. The molecule has 2 aromatic rings. The van der Waals surface area contributed by atoms with Crippen molar-refractivity contribution < 1.29 is 9.53 Å². The predicted octanol–water partition coefficient (Wildman–Crippen LogP) is 3.80. The van der Waals surface area contributed by atoms with Crippen molar-refractivity contribution >= 4 is 41.1 Å².